The fourth-order valence-corrected chi connectivity index (χ4v) is 3.86. The number of carbonyl (C=O) groups is 1. The molecule has 2 N–H and O–H groups in total. The minimum Gasteiger partial charge on any atom is -0.307 e. The zero-order valence-corrected chi connectivity index (χ0v) is 17.7. The number of nitrogens with one attached hydrogen (secondary N) is 2. The Morgan fingerprint density at radius 3 is 2.63 bits per heavy atom. The van der Waals surface area contributed by atoms with E-state index < -0.39 is 21.7 Å². The van der Waals surface area contributed by atoms with Gasteiger partial charge < -0.3 is 5.32 Å². The third-order valence-electron chi connectivity index (χ3n) is 4.33. The average molecular weight is 431 g/mol. The van der Waals surface area contributed by atoms with Crippen molar-refractivity contribution >= 4 is 27.4 Å². The van der Waals surface area contributed by atoms with Gasteiger partial charge in [0.1, 0.15) is 11.6 Å². The van der Waals surface area contributed by atoms with Crippen LogP contribution in [0, 0.1) is 18.7 Å². The summed E-state index contributed by atoms with van der Waals surface area (Å²) in [5, 5.41) is 6.98. The third-order valence-corrected chi connectivity index (χ3v) is 5.71. The Labute approximate surface area is 175 Å². The topological polar surface area (TPSA) is 93.1 Å². The molecule has 0 aliphatic rings. The van der Waals surface area contributed by atoms with Gasteiger partial charge in [0, 0.05) is 23.9 Å². The lowest BCUT2D eigenvalue weighted by Gasteiger charge is -2.12. The van der Waals surface area contributed by atoms with Crippen molar-refractivity contribution < 1.29 is 17.6 Å². The maximum atomic E-state index is 13.8. The minimum atomic E-state index is -4.00. The minimum absolute atomic E-state index is 0.194. The van der Waals surface area contributed by atoms with Crippen LogP contribution >= 0.6 is 0 Å². The Morgan fingerprint density at radius 1 is 1.17 bits per heavy atom. The standard InChI is InChI=1S/C21H23FN4O3S/c1-14(2)13-26-20(9-10-23-26)24-21(27)16-5-4-6-17(11-16)25-30(28,29)18-8-7-15(3)19(22)12-18/h4-12,14,25H,13H2,1-3H3,(H,24,27). The molecule has 2 aromatic carbocycles. The first-order valence-electron chi connectivity index (χ1n) is 9.38. The van der Waals surface area contributed by atoms with Crippen LogP contribution in [0.3, 0.4) is 0 Å². The molecule has 7 nitrogen and oxygen atoms in total. The van der Waals surface area contributed by atoms with Gasteiger partial charge in [-0.15, -0.1) is 0 Å². The molecule has 0 atom stereocenters. The van der Waals surface area contributed by atoms with Crippen molar-refractivity contribution in [3.05, 3.63) is 71.7 Å². The molecule has 0 saturated heterocycles. The second-order valence-corrected chi connectivity index (χ2v) is 9.03. The van der Waals surface area contributed by atoms with Crippen molar-refractivity contribution in [2.24, 2.45) is 5.92 Å². The van der Waals surface area contributed by atoms with E-state index in [1.165, 1.54) is 24.3 Å². The van der Waals surface area contributed by atoms with E-state index in [2.05, 4.69) is 15.1 Å². The van der Waals surface area contributed by atoms with Crippen molar-refractivity contribution in [3.8, 4) is 0 Å². The number of sulfonamides is 1. The lowest BCUT2D eigenvalue weighted by molar-refractivity contribution is 0.102. The summed E-state index contributed by atoms with van der Waals surface area (Å²) in [5.41, 5.74) is 0.811. The van der Waals surface area contributed by atoms with Gasteiger partial charge in [-0.2, -0.15) is 5.10 Å². The Bertz CT molecular complexity index is 1170. The number of anilines is 2. The highest BCUT2D eigenvalue weighted by molar-refractivity contribution is 7.92. The molecule has 3 aromatic rings. The summed E-state index contributed by atoms with van der Waals surface area (Å²) in [6.45, 7) is 6.29. The van der Waals surface area contributed by atoms with Gasteiger partial charge in [0.15, 0.2) is 0 Å². The monoisotopic (exact) mass is 430 g/mol. The fraction of sp³-hybridized carbons (Fsp3) is 0.238. The highest BCUT2D eigenvalue weighted by Gasteiger charge is 2.17. The summed E-state index contributed by atoms with van der Waals surface area (Å²) in [6, 6.07) is 11.4. The van der Waals surface area contributed by atoms with Crippen LogP contribution in [0.4, 0.5) is 15.9 Å². The number of rotatable bonds is 7. The van der Waals surface area contributed by atoms with E-state index >= 15 is 0 Å². The number of nitrogens with zero attached hydrogens (tertiary/aromatic N) is 2. The van der Waals surface area contributed by atoms with Crippen LogP contribution in [0.15, 0.2) is 59.6 Å². The molecule has 0 unspecified atom stereocenters. The molecule has 1 heterocycles. The van der Waals surface area contributed by atoms with E-state index in [1.54, 1.807) is 36.0 Å². The molecule has 3 rings (SSSR count). The van der Waals surface area contributed by atoms with Crippen molar-refractivity contribution in [2.75, 3.05) is 10.0 Å². The number of benzene rings is 2. The largest absolute Gasteiger partial charge is 0.307 e. The Balaban J connectivity index is 1.78. The van der Waals surface area contributed by atoms with E-state index in [1.807, 2.05) is 13.8 Å². The molecule has 0 saturated carbocycles. The van der Waals surface area contributed by atoms with Gasteiger partial charge in [0.05, 0.1) is 11.1 Å². The number of aromatic nitrogens is 2. The molecule has 0 aliphatic heterocycles. The first-order valence-corrected chi connectivity index (χ1v) is 10.9. The van der Waals surface area contributed by atoms with Crippen LogP contribution < -0.4 is 10.0 Å². The molecule has 9 heteroatoms. The summed E-state index contributed by atoms with van der Waals surface area (Å²) in [7, 11) is -4.00. The van der Waals surface area contributed by atoms with Crippen molar-refractivity contribution in [1.29, 1.82) is 0 Å². The Hall–Kier alpha value is -3.20. The lowest BCUT2D eigenvalue weighted by atomic mass is 10.2. The van der Waals surface area contributed by atoms with Crippen LogP contribution in [0.5, 0.6) is 0 Å². The van der Waals surface area contributed by atoms with E-state index in [-0.39, 0.29) is 16.1 Å². The molecule has 158 valence electrons. The second kappa shape index (κ2) is 8.66. The number of aryl methyl sites for hydroxylation is 1. The maximum Gasteiger partial charge on any atom is 0.261 e. The summed E-state index contributed by atoms with van der Waals surface area (Å²) in [4.78, 5) is 12.4. The molecule has 30 heavy (non-hydrogen) atoms. The first-order chi connectivity index (χ1) is 14.2. The number of halogens is 1. The lowest BCUT2D eigenvalue weighted by Crippen LogP contribution is -2.18. The number of carbonyl (C=O) groups excluding carboxylic acids is 1. The third kappa shape index (κ3) is 5.04. The quantitative estimate of drug-likeness (QED) is 0.592. The normalized spacial score (nSPS) is 11.5. The molecule has 0 spiro atoms. The van der Waals surface area contributed by atoms with Gasteiger partial charge in [-0.3, -0.25) is 9.52 Å². The fourth-order valence-electron chi connectivity index (χ4n) is 2.80. The number of amides is 1. The maximum absolute atomic E-state index is 13.8. The summed E-state index contributed by atoms with van der Waals surface area (Å²) < 4.78 is 43.0. The SMILES string of the molecule is Cc1ccc(S(=O)(=O)Nc2cccc(C(=O)Nc3ccnn3CC(C)C)c2)cc1F. The number of hydrogen-bond acceptors (Lipinski definition) is 4. The first kappa shape index (κ1) is 21.5. The van der Waals surface area contributed by atoms with Gasteiger partial charge in [0.2, 0.25) is 0 Å². The van der Waals surface area contributed by atoms with Crippen molar-refractivity contribution in [2.45, 2.75) is 32.2 Å². The summed E-state index contributed by atoms with van der Waals surface area (Å²) in [5.74, 6) is -0.105. The van der Waals surface area contributed by atoms with Gasteiger partial charge in [-0.25, -0.2) is 17.5 Å². The molecule has 1 aromatic heterocycles. The Kier molecular flexibility index (Phi) is 6.21. The molecule has 0 fully saturated rings. The number of hydrogen-bond donors (Lipinski definition) is 2. The molecule has 0 aliphatic carbocycles. The van der Waals surface area contributed by atoms with Crippen molar-refractivity contribution in [1.82, 2.24) is 9.78 Å². The predicted octanol–water partition coefficient (Wildman–Crippen LogP) is 4.04. The zero-order chi connectivity index (χ0) is 21.9. The van der Waals surface area contributed by atoms with Crippen molar-refractivity contribution in [3.63, 3.8) is 0 Å². The molecular formula is C21H23FN4O3S. The Morgan fingerprint density at radius 2 is 1.93 bits per heavy atom. The van der Waals surface area contributed by atoms with E-state index in [4.69, 9.17) is 0 Å². The summed E-state index contributed by atoms with van der Waals surface area (Å²) >= 11 is 0. The van der Waals surface area contributed by atoms with Gasteiger partial charge in [0.25, 0.3) is 15.9 Å². The van der Waals surface area contributed by atoms with E-state index in [9.17, 15) is 17.6 Å². The van der Waals surface area contributed by atoms with Gasteiger partial charge in [-0.05, 0) is 48.7 Å². The highest BCUT2D eigenvalue weighted by atomic mass is 32.2. The van der Waals surface area contributed by atoms with Crippen LogP contribution in [0.2, 0.25) is 0 Å². The second-order valence-electron chi connectivity index (χ2n) is 7.34. The van der Waals surface area contributed by atoms with Crippen LogP contribution in [0.1, 0.15) is 29.8 Å². The van der Waals surface area contributed by atoms with Gasteiger partial charge in [-0.1, -0.05) is 26.0 Å². The highest BCUT2D eigenvalue weighted by Crippen LogP contribution is 2.20. The zero-order valence-electron chi connectivity index (χ0n) is 16.9. The molecule has 0 bridgehead atoms. The van der Waals surface area contributed by atoms with E-state index in [0.29, 0.717) is 23.8 Å². The average Bonchev–Trinajstić information content (AvgIpc) is 3.09. The smallest absolute Gasteiger partial charge is 0.261 e. The predicted molar refractivity (Wildman–Crippen MR) is 113 cm³/mol. The molecular weight excluding hydrogens is 407 g/mol. The summed E-state index contributed by atoms with van der Waals surface area (Å²) in [6.07, 6.45) is 1.60. The van der Waals surface area contributed by atoms with Crippen LogP contribution in [-0.4, -0.2) is 24.1 Å². The van der Waals surface area contributed by atoms with Crippen LogP contribution in [0.25, 0.3) is 0 Å². The van der Waals surface area contributed by atoms with E-state index in [0.717, 1.165) is 6.07 Å². The van der Waals surface area contributed by atoms with Crippen LogP contribution in [-0.2, 0) is 16.6 Å². The van der Waals surface area contributed by atoms with Gasteiger partial charge >= 0.3 is 0 Å². The molecule has 1 amide bonds. The molecule has 0 radical (unpaired) electrons.